The van der Waals surface area contributed by atoms with Crippen LogP contribution in [0.2, 0.25) is 0 Å². The fraction of sp³-hybridized carbons (Fsp3) is 0.357. The van der Waals surface area contributed by atoms with Crippen molar-refractivity contribution >= 4 is 31.7 Å². The minimum Gasteiger partial charge on any atom is -0.411 e. The van der Waals surface area contributed by atoms with Gasteiger partial charge in [-0.3, -0.25) is 0 Å². The molecule has 1 heterocycles. The summed E-state index contributed by atoms with van der Waals surface area (Å²) in [6.45, 7) is 0. The third-order valence-corrected chi connectivity index (χ3v) is 4.88. The Morgan fingerprint density at radius 1 is 1.37 bits per heavy atom. The molecule has 0 aliphatic carbocycles. The molecule has 148 valence electrons. The molecule has 0 aliphatic heterocycles. The third-order valence-electron chi connectivity index (χ3n) is 3.45. The number of benzene rings is 1. The van der Waals surface area contributed by atoms with E-state index in [9.17, 15) is 26.8 Å². The van der Waals surface area contributed by atoms with E-state index in [-0.39, 0.29) is 28.0 Å². The first-order valence-corrected chi connectivity index (χ1v) is 9.86. The predicted octanol–water partition coefficient (Wildman–Crippen LogP) is 2.25. The third kappa shape index (κ3) is 6.29. The summed E-state index contributed by atoms with van der Waals surface area (Å²) in [4.78, 5) is 0. The largest absolute Gasteiger partial charge is 0.411 e. The number of primary sulfonamides is 1. The molecule has 2 rings (SSSR count). The summed E-state index contributed by atoms with van der Waals surface area (Å²) in [6, 6.07) is 4.09. The Labute approximate surface area is 160 Å². The van der Waals surface area contributed by atoms with E-state index in [0.29, 0.717) is 5.56 Å². The number of hydrogen-bond donors (Lipinski definition) is 2. The average Bonchev–Trinajstić information content (AvgIpc) is 3.00. The number of aromatic nitrogens is 2. The van der Waals surface area contributed by atoms with Crippen molar-refractivity contribution in [1.29, 1.82) is 0 Å². The number of hydrogen-bond acceptors (Lipinski definition) is 7. The smallest absolute Gasteiger partial charge is 0.263 e. The first kappa shape index (κ1) is 21.3. The van der Waals surface area contributed by atoms with Gasteiger partial charge in [-0.2, -0.15) is 0 Å². The molecule has 3 N–H and O–H groups in total. The van der Waals surface area contributed by atoms with Crippen LogP contribution in [0.1, 0.15) is 23.4 Å². The Kier molecular flexibility index (Phi) is 6.59. The summed E-state index contributed by atoms with van der Waals surface area (Å²) in [5.74, 6) is -5.57. The highest BCUT2D eigenvalue weighted by molar-refractivity contribution is 9.10. The molecule has 27 heavy (non-hydrogen) atoms. The van der Waals surface area contributed by atoms with Crippen LogP contribution in [0.5, 0.6) is 0 Å². The van der Waals surface area contributed by atoms with Gasteiger partial charge in [0.2, 0.25) is 10.0 Å². The normalized spacial score (nSPS) is 13.1. The van der Waals surface area contributed by atoms with E-state index in [0.717, 1.165) is 0 Å². The van der Waals surface area contributed by atoms with Crippen molar-refractivity contribution < 1.29 is 31.4 Å². The Bertz CT molecular complexity index is 950. The zero-order chi connectivity index (χ0) is 20.2. The molecule has 0 saturated heterocycles. The van der Waals surface area contributed by atoms with Crippen LogP contribution < -0.4 is 5.14 Å². The van der Waals surface area contributed by atoms with Gasteiger partial charge in [0.05, 0.1) is 4.47 Å². The van der Waals surface area contributed by atoms with E-state index in [1.54, 1.807) is 0 Å². The summed E-state index contributed by atoms with van der Waals surface area (Å²) >= 11 is 3.03. The molecule has 0 saturated carbocycles. The Hall–Kier alpha value is -1.99. The van der Waals surface area contributed by atoms with Crippen molar-refractivity contribution in [2.75, 3.05) is 5.75 Å². The van der Waals surface area contributed by atoms with Crippen molar-refractivity contribution in [3.63, 3.8) is 0 Å². The second-order valence-electron chi connectivity index (χ2n) is 5.69. The van der Waals surface area contributed by atoms with Crippen LogP contribution in [0.4, 0.5) is 13.2 Å². The first-order valence-electron chi connectivity index (χ1n) is 7.36. The number of oxime groups is 1. The monoisotopic (exact) mass is 470 g/mol. The van der Waals surface area contributed by atoms with Crippen LogP contribution in [0.25, 0.3) is 0 Å². The van der Waals surface area contributed by atoms with Gasteiger partial charge in [-0.15, -0.1) is 0 Å². The van der Waals surface area contributed by atoms with Gasteiger partial charge in [0, 0.05) is 19.3 Å². The molecule has 1 aromatic carbocycles. The molecule has 0 bridgehead atoms. The minimum atomic E-state index is -4.36. The number of rotatable bonds is 8. The van der Waals surface area contributed by atoms with Crippen molar-refractivity contribution in [3.05, 3.63) is 45.4 Å². The SMILES string of the molecule is NS(=O)(=O)CC(F)(F)CCc1nonc1/C(Cc1ccc(F)c(Br)c1)=N/O. The predicted molar refractivity (Wildman–Crippen MR) is 91.7 cm³/mol. The van der Waals surface area contributed by atoms with Crippen LogP contribution in [-0.4, -0.2) is 41.3 Å². The molecule has 0 fully saturated rings. The van der Waals surface area contributed by atoms with Gasteiger partial charge < -0.3 is 5.21 Å². The van der Waals surface area contributed by atoms with Crippen LogP contribution in [0.3, 0.4) is 0 Å². The highest BCUT2D eigenvalue weighted by atomic mass is 79.9. The number of aryl methyl sites for hydroxylation is 1. The maximum absolute atomic E-state index is 13.7. The maximum Gasteiger partial charge on any atom is 0.263 e. The van der Waals surface area contributed by atoms with E-state index in [2.05, 4.69) is 41.2 Å². The molecular formula is C14H14BrF3N4O4S. The molecule has 2 aromatic rings. The van der Waals surface area contributed by atoms with Gasteiger partial charge in [0.15, 0.2) is 5.69 Å². The van der Waals surface area contributed by atoms with E-state index >= 15 is 0 Å². The second kappa shape index (κ2) is 8.35. The van der Waals surface area contributed by atoms with E-state index in [4.69, 9.17) is 0 Å². The fourth-order valence-electron chi connectivity index (χ4n) is 2.27. The number of alkyl halides is 2. The number of sulfonamides is 1. The number of nitrogens with two attached hydrogens (primary N) is 1. The lowest BCUT2D eigenvalue weighted by atomic mass is 10.0. The summed E-state index contributed by atoms with van der Waals surface area (Å²) in [6.07, 6.45) is -1.29. The molecule has 0 atom stereocenters. The summed E-state index contributed by atoms with van der Waals surface area (Å²) in [5, 5.41) is 24.0. The lowest BCUT2D eigenvalue weighted by Crippen LogP contribution is -2.32. The van der Waals surface area contributed by atoms with Gasteiger partial charge in [0.25, 0.3) is 5.92 Å². The molecule has 0 unspecified atom stereocenters. The zero-order valence-electron chi connectivity index (χ0n) is 13.6. The lowest BCUT2D eigenvalue weighted by Gasteiger charge is -2.14. The highest BCUT2D eigenvalue weighted by Gasteiger charge is 2.34. The topological polar surface area (TPSA) is 132 Å². The summed E-state index contributed by atoms with van der Waals surface area (Å²) in [7, 11) is -4.36. The molecule has 1 aromatic heterocycles. The van der Waals surface area contributed by atoms with Crippen molar-refractivity contribution in [1.82, 2.24) is 10.3 Å². The van der Waals surface area contributed by atoms with E-state index in [1.807, 2.05) is 0 Å². The minimum absolute atomic E-state index is 0.00976. The molecule has 0 radical (unpaired) electrons. The molecule has 8 nitrogen and oxygen atoms in total. The molecular weight excluding hydrogens is 457 g/mol. The summed E-state index contributed by atoms with van der Waals surface area (Å²) in [5.41, 5.74) is 0.395. The first-order chi connectivity index (χ1) is 12.5. The molecule has 0 aliphatic rings. The standard InChI is InChI=1S/C14H14BrF3N4O4S/c15-9-5-8(1-2-10(9)16)6-12(20-23)13-11(21-26-22-13)3-4-14(17,18)7-27(19,24)25/h1-2,5,23H,3-4,6-7H2,(H2,19,24,25)/b20-12+. The van der Waals surface area contributed by atoms with Gasteiger partial charge in [0.1, 0.15) is 23.0 Å². The molecule has 0 amide bonds. The van der Waals surface area contributed by atoms with Gasteiger partial charge >= 0.3 is 0 Å². The summed E-state index contributed by atoms with van der Waals surface area (Å²) < 4.78 is 67.1. The van der Waals surface area contributed by atoms with Crippen LogP contribution >= 0.6 is 15.9 Å². The van der Waals surface area contributed by atoms with E-state index in [1.165, 1.54) is 18.2 Å². The van der Waals surface area contributed by atoms with Crippen LogP contribution in [-0.2, 0) is 22.9 Å². The van der Waals surface area contributed by atoms with Gasteiger partial charge in [-0.1, -0.05) is 16.4 Å². The maximum atomic E-state index is 13.7. The Balaban J connectivity index is 2.15. The molecule has 13 heteroatoms. The van der Waals surface area contributed by atoms with Gasteiger partial charge in [-0.05, 0) is 38.8 Å². The second-order valence-corrected chi connectivity index (χ2v) is 8.16. The van der Waals surface area contributed by atoms with Crippen LogP contribution in [0.15, 0.2) is 32.5 Å². The fourth-order valence-corrected chi connectivity index (χ4v) is 3.43. The van der Waals surface area contributed by atoms with Crippen molar-refractivity contribution in [2.24, 2.45) is 10.3 Å². The lowest BCUT2D eigenvalue weighted by molar-refractivity contribution is 0.0165. The average molecular weight is 471 g/mol. The number of halogens is 4. The van der Waals surface area contributed by atoms with E-state index < -0.39 is 40.4 Å². The Morgan fingerprint density at radius 3 is 2.67 bits per heavy atom. The highest BCUT2D eigenvalue weighted by Crippen LogP contribution is 2.24. The number of nitrogens with zero attached hydrogens (tertiary/aromatic N) is 3. The van der Waals surface area contributed by atoms with Crippen molar-refractivity contribution in [3.8, 4) is 0 Å². The quantitative estimate of drug-likeness (QED) is 0.345. The Morgan fingerprint density at radius 2 is 2.07 bits per heavy atom. The van der Waals surface area contributed by atoms with Crippen molar-refractivity contribution in [2.45, 2.75) is 25.2 Å². The molecule has 0 spiro atoms. The van der Waals surface area contributed by atoms with Crippen LogP contribution in [0, 0.1) is 5.82 Å². The van der Waals surface area contributed by atoms with Gasteiger partial charge in [-0.25, -0.2) is 31.4 Å². The zero-order valence-corrected chi connectivity index (χ0v) is 16.0.